The Labute approximate surface area is 111 Å². The van der Waals surface area contributed by atoms with Gasteiger partial charge in [0.25, 0.3) is 0 Å². The van der Waals surface area contributed by atoms with Crippen LogP contribution in [0.15, 0.2) is 41.6 Å². The molecule has 0 amide bonds. The molecule has 1 atom stereocenters. The molecular weight excluding hydrogens is 246 g/mol. The van der Waals surface area contributed by atoms with Gasteiger partial charge in [-0.1, -0.05) is 6.07 Å². The molecule has 4 nitrogen and oxygen atoms in total. The highest BCUT2D eigenvalue weighted by Gasteiger charge is 2.13. The maximum absolute atomic E-state index is 5.84. The predicted octanol–water partition coefficient (Wildman–Crippen LogP) is 2.22. The number of benzene rings is 1. The van der Waals surface area contributed by atoms with E-state index in [0.717, 1.165) is 16.2 Å². The highest BCUT2D eigenvalue weighted by atomic mass is 32.2. The number of hydrogen-bond donors (Lipinski definition) is 1. The standard InChI is InChI=1S/C13H17N3OS/c1-16-9-10(8-15-16)13(7-14)18-12-5-3-4-11(6-12)17-2/h3-6,8-9,13H,7,14H2,1-2H3. The maximum Gasteiger partial charge on any atom is 0.119 e. The molecule has 0 saturated heterocycles. The Balaban J connectivity index is 2.14. The van der Waals surface area contributed by atoms with Gasteiger partial charge in [-0.3, -0.25) is 4.68 Å². The van der Waals surface area contributed by atoms with E-state index in [9.17, 15) is 0 Å². The smallest absolute Gasteiger partial charge is 0.119 e. The molecule has 1 heterocycles. The van der Waals surface area contributed by atoms with E-state index in [-0.39, 0.29) is 5.25 Å². The van der Waals surface area contributed by atoms with Crippen LogP contribution in [0.2, 0.25) is 0 Å². The zero-order chi connectivity index (χ0) is 13.0. The first kappa shape index (κ1) is 13.0. The summed E-state index contributed by atoms with van der Waals surface area (Å²) in [6, 6.07) is 8.00. The van der Waals surface area contributed by atoms with Crippen molar-refractivity contribution in [3.63, 3.8) is 0 Å². The largest absolute Gasteiger partial charge is 0.497 e. The van der Waals surface area contributed by atoms with Crippen LogP contribution < -0.4 is 10.5 Å². The van der Waals surface area contributed by atoms with E-state index in [4.69, 9.17) is 10.5 Å². The first-order valence-electron chi connectivity index (χ1n) is 5.72. The van der Waals surface area contributed by atoms with Gasteiger partial charge in [-0.25, -0.2) is 0 Å². The minimum Gasteiger partial charge on any atom is -0.497 e. The van der Waals surface area contributed by atoms with Gasteiger partial charge in [-0.15, -0.1) is 11.8 Å². The van der Waals surface area contributed by atoms with Crippen LogP contribution in [0.1, 0.15) is 10.8 Å². The van der Waals surface area contributed by atoms with E-state index in [2.05, 4.69) is 11.2 Å². The molecule has 0 spiro atoms. The maximum atomic E-state index is 5.84. The summed E-state index contributed by atoms with van der Waals surface area (Å²) >= 11 is 1.73. The van der Waals surface area contributed by atoms with Crippen LogP contribution in [0.5, 0.6) is 5.75 Å². The van der Waals surface area contributed by atoms with E-state index >= 15 is 0 Å². The fourth-order valence-corrected chi connectivity index (χ4v) is 2.72. The van der Waals surface area contributed by atoms with Crippen LogP contribution in [0.3, 0.4) is 0 Å². The second-order valence-electron chi connectivity index (χ2n) is 3.97. The van der Waals surface area contributed by atoms with Crippen molar-refractivity contribution in [2.45, 2.75) is 10.1 Å². The third-order valence-electron chi connectivity index (χ3n) is 2.63. The second-order valence-corrected chi connectivity index (χ2v) is 5.24. The predicted molar refractivity (Wildman–Crippen MR) is 73.9 cm³/mol. The summed E-state index contributed by atoms with van der Waals surface area (Å²) < 4.78 is 7.01. The van der Waals surface area contributed by atoms with Gasteiger partial charge in [0.2, 0.25) is 0 Å². The fraction of sp³-hybridized carbons (Fsp3) is 0.308. The molecule has 1 aromatic carbocycles. The number of rotatable bonds is 5. The number of ether oxygens (including phenoxy) is 1. The van der Waals surface area contributed by atoms with Crippen LogP contribution in [-0.2, 0) is 7.05 Å². The van der Waals surface area contributed by atoms with Crippen molar-refractivity contribution < 1.29 is 4.74 Å². The normalized spacial score (nSPS) is 12.4. The molecule has 2 aromatic rings. The molecule has 1 aromatic heterocycles. The van der Waals surface area contributed by atoms with Crippen molar-refractivity contribution in [2.24, 2.45) is 12.8 Å². The zero-order valence-corrected chi connectivity index (χ0v) is 11.4. The van der Waals surface area contributed by atoms with Gasteiger partial charge in [0.1, 0.15) is 5.75 Å². The zero-order valence-electron chi connectivity index (χ0n) is 10.5. The number of nitrogens with two attached hydrogens (primary N) is 1. The molecule has 96 valence electrons. The molecule has 0 aliphatic carbocycles. The summed E-state index contributed by atoms with van der Waals surface area (Å²) in [5.74, 6) is 0.863. The Morgan fingerprint density at radius 1 is 1.50 bits per heavy atom. The summed E-state index contributed by atoms with van der Waals surface area (Å²) in [6.07, 6.45) is 3.87. The molecule has 0 radical (unpaired) electrons. The van der Waals surface area contributed by atoms with E-state index < -0.39 is 0 Å². The Hall–Kier alpha value is -1.46. The molecule has 0 bridgehead atoms. The van der Waals surface area contributed by atoms with E-state index in [1.807, 2.05) is 37.6 Å². The van der Waals surface area contributed by atoms with Crippen molar-refractivity contribution in [3.05, 3.63) is 42.2 Å². The van der Waals surface area contributed by atoms with Gasteiger partial charge in [0, 0.05) is 35.5 Å². The summed E-state index contributed by atoms with van der Waals surface area (Å²) in [5.41, 5.74) is 6.99. The molecule has 18 heavy (non-hydrogen) atoms. The van der Waals surface area contributed by atoms with Gasteiger partial charge >= 0.3 is 0 Å². The van der Waals surface area contributed by atoms with E-state index in [1.54, 1.807) is 23.6 Å². The lowest BCUT2D eigenvalue weighted by atomic mass is 10.2. The summed E-state index contributed by atoms with van der Waals surface area (Å²) in [5, 5.41) is 4.40. The van der Waals surface area contributed by atoms with Crippen LogP contribution in [0.4, 0.5) is 0 Å². The molecule has 2 rings (SSSR count). The third-order valence-corrected chi connectivity index (χ3v) is 3.91. The minimum absolute atomic E-state index is 0.214. The van der Waals surface area contributed by atoms with Crippen molar-refractivity contribution in [3.8, 4) is 5.75 Å². The van der Waals surface area contributed by atoms with Crippen LogP contribution in [-0.4, -0.2) is 23.4 Å². The van der Waals surface area contributed by atoms with E-state index in [0.29, 0.717) is 6.54 Å². The first-order valence-corrected chi connectivity index (χ1v) is 6.60. The van der Waals surface area contributed by atoms with Gasteiger partial charge in [-0.05, 0) is 18.2 Å². The van der Waals surface area contributed by atoms with Crippen molar-refractivity contribution >= 4 is 11.8 Å². The van der Waals surface area contributed by atoms with Crippen LogP contribution >= 0.6 is 11.8 Å². The number of aryl methyl sites for hydroxylation is 1. The molecule has 0 saturated carbocycles. The van der Waals surface area contributed by atoms with Gasteiger partial charge < -0.3 is 10.5 Å². The average molecular weight is 263 g/mol. The summed E-state index contributed by atoms with van der Waals surface area (Å²) in [4.78, 5) is 1.15. The first-order chi connectivity index (χ1) is 8.72. The highest BCUT2D eigenvalue weighted by Crippen LogP contribution is 2.35. The molecule has 0 aliphatic heterocycles. The van der Waals surface area contributed by atoms with Crippen molar-refractivity contribution in [2.75, 3.05) is 13.7 Å². The SMILES string of the molecule is COc1cccc(SC(CN)c2cnn(C)c2)c1. The Bertz CT molecular complexity index is 512. The number of thioether (sulfide) groups is 1. The monoisotopic (exact) mass is 263 g/mol. The van der Waals surface area contributed by atoms with Crippen LogP contribution in [0, 0.1) is 0 Å². The topological polar surface area (TPSA) is 53.1 Å². The number of hydrogen-bond acceptors (Lipinski definition) is 4. The number of aromatic nitrogens is 2. The molecule has 2 N–H and O–H groups in total. The lowest BCUT2D eigenvalue weighted by Crippen LogP contribution is -2.08. The molecule has 5 heteroatoms. The third kappa shape index (κ3) is 3.05. The van der Waals surface area contributed by atoms with Gasteiger partial charge in [0.15, 0.2) is 0 Å². The Morgan fingerprint density at radius 2 is 2.33 bits per heavy atom. The van der Waals surface area contributed by atoms with Gasteiger partial charge in [-0.2, -0.15) is 5.10 Å². The molecule has 0 aliphatic rings. The number of methoxy groups -OCH3 is 1. The van der Waals surface area contributed by atoms with Crippen molar-refractivity contribution in [1.82, 2.24) is 9.78 Å². The number of nitrogens with zero attached hydrogens (tertiary/aromatic N) is 2. The van der Waals surface area contributed by atoms with Crippen LogP contribution in [0.25, 0.3) is 0 Å². The molecule has 0 fully saturated rings. The van der Waals surface area contributed by atoms with Crippen molar-refractivity contribution in [1.29, 1.82) is 0 Å². The Kier molecular flexibility index (Phi) is 4.28. The van der Waals surface area contributed by atoms with E-state index in [1.165, 1.54) is 0 Å². The minimum atomic E-state index is 0.214. The highest BCUT2D eigenvalue weighted by molar-refractivity contribution is 7.99. The quantitative estimate of drug-likeness (QED) is 0.840. The fourth-order valence-electron chi connectivity index (χ4n) is 1.70. The lowest BCUT2D eigenvalue weighted by Gasteiger charge is -2.13. The molecule has 1 unspecified atom stereocenters. The summed E-state index contributed by atoms with van der Waals surface area (Å²) in [7, 11) is 3.58. The average Bonchev–Trinajstić information content (AvgIpc) is 2.82. The summed E-state index contributed by atoms with van der Waals surface area (Å²) in [6.45, 7) is 0.577. The second kappa shape index (κ2) is 5.93. The lowest BCUT2D eigenvalue weighted by molar-refractivity contribution is 0.413. The van der Waals surface area contributed by atoms with Gasteiger partial charge in [0.05, 0.1) is 13.3 Å². The molecular formula is C13H17N3OS. The Morgan fingerprint density at radius 3 is 2.94 bits per heavy atom.